The average Bonchev–Trinajstić information content (AvgIpc) is 2.46. The standard InChI is InChI=1S/C16H21NO3/c1-11-5-7-13(8-6-11)15(18)17-10-12-3-2-4-14(9-12)16(19)20/h2-4,9,11,13H,5-8,10H2,1H3,(H,17,18)(H,19,20). The van der Waals surface area contributed by atoms with E-state index in [1.165, 1.54) is 0 Å². The van der Waals surface area contributed by atoms with Crippen LogP contribution in [-0.2, 0) is 11.3 Å². The highest BCUT2D eigenvalue weighted by atomic mass is 16.4. The normalized spacial score (nSPS) is 22.2. The van der Waals surface area contributed by atoms with Crippen molar-refractivity contribution in [3.63, 3.8) is 0 Å². The van der Waals surface area contributed by atoms with Crippen molar-refractivity contribution in [2.45, 2.75) is 39.2 Å². The second-order valence-corrected chi connectivity index (χ2v) is 5.68. The van der Waals surface area contributed by atoms with Crippen molar-refractivity contribution in [2.24, 2.45) is 11.8 Å². The van der Waals surface area contributed by atoms with Crippen LogP contribution >= 0.6 is 0 Å². The molecule has 0 atom stereocenters. The van der Waals surface area contributed by atoms with Gasteiger partial charge in [-0.1, -0.05) is 19.1 Å². The monoisotopic (exact) mass is 275 g/mol. The molecule has 4 nitrogen and oxygen atoms in total. The molecule has 1 amide bonds. The Morgan fingerprint density at radius 3 is 2.60 bits per heavy atom. The van der Waals surface area contributed by atoms with Gasteiger partial charge in [0.15, 0.2) is 0 Å². The lowest BCUT2D eigenvalue weighted by molar-refractivity contribution is -0.126. The molecule has 0 bridgehead atoms. The molecule has 0 aliphatic heterocycles. The number of hydrogen-bond donors (Lipinski definition) is 2. The molecule has 2 rings (SSSR count). The Kier molecular flexibility index (Phi) is 4.77. The second kappa shape index (κ2) is 6.55. The van der Waals surface area contributed by atoms with Gasteiger partial charge in [-0.2, -0.15) is 0 Å². The fourth-order valence-electron chi connectivity index (χ4n) is 2.67. The summed E-state index contributed by atoms with van der Waals surface area (Å²) in [6, 6.07) is 6.69. The van der Waals surface area contributed by atoms with Gasteiger partial charge >= 0.3 is 5.97 Å². The molecule has 0 radical (unpaired) electrons. The Bertz CT molecular complexity index is 490. The predicted octanol–water partition coefficient (Wildman–Crippen LogP) is 2.83. The first-order chi connectivity index (χ1) is 9.56. The molecule has 0 aromatic heterocycles. The van der Waals surface area contributed by atoms with Crippen LogP contribution in [0.1, 0.15) is 48.5 Å². The summed E-state index contributed by atoms with van der Waals surface area (Å²) in [5.74, 6) is -0.00257. The molecule has 0 saturated heterocycles. The molecule has 0 heterocycles. The molecule has 1 fully saturated rings. The largest absolute Gasteiger partial charge is 0.478 e. The zero-order valence-electron chi connectivity index (χ0n) is 11.8. The number of rotatable bonds is 4. The maximum absolute atomic E-state index is 12.1. The zero-order chi connectivity index (χ0) is 14.5. The van der Waals surface area contributed by atoms with E-state index in [0.717, 1.165) is 37.2 Å². The second-order valence-electron chi connectivity index (χ2n) is 5.68. The highest BCUT2D eigenvalue weighted by molar-refractivity contribution is 5.87. The van der Waals surface area contributed by atoms with Crippen molar-refractivity contribution in [3.05, 3.63) is 35.4 Å². The number of benzene rings is 1. The smallest absolute Gasteiger partial charge is 0.335 e. The summed E-state index contributed by atoms with van der Waals surface area (Å²) in [5, 5.41) is 11.8. The van der Waals surface area contributed by atoms with Crippen LogP contribution in [0.15, 0.2) is 24.3 Å². The minimum Gasteiger partial charge on any atom is -0.478 e. The van der Waals surface area contributed by atoms with Gasteiger partial charge in [-0.15, -0.1) is 0 Å². The SMILES string of the molecule is CC1CCC(C(=O)NCc2cccc(C(=O)O)c2)CC1. The highest BCUT2D eigenvalue weighted by Crippen LogP contribution is 2.28. The average molecular weight is 275 g/mol. The number of hydrogen-bond acceptors (Lipinski definition) is 2. The van der Waals surface area contributed by atoms with E-state index in [4.69, 9.17) is 5.11 Å². The van der Waals surface area contributed by atoms with Crippen LogP contribution in [0, 0.1) is 11.8 Å². The summed E-state index contributed by atoms with van der Waals surface area (Å²) >= 11 is 0. The van der Waals surface area contributed by atoms with Crippen molar-refractivity contribution in [2.75, 3.05) is 0 Å². The maximum Gasteiger partial charge on any atom is 0.335 e. The number of nitrogens with one attached hydrogen (secondary N) is 1. The fourth-order valence-corrected chi connectivity index (χ4v) is 2.67. The Labute approximate surface area is 119 Å². The van der Waals surface area contributed by atoms with E-state index >= 15 is 0 Å². The van der Waals surface area contributed by atoms with E-state index in [1.807, 2.05) is 6.07 Å². The lowest BCUT2D eigenvalue weighted by Gasteiger charge is -2.25. The molecular weight excluding hydrogens is 254 g/mol. The number of carboxylic acids is 1. The van der Waals surface area contributed by atoms with Gasteiger partial charge in [0, 0.05) is 12.5 Å². The van der Waals surface area contributed by atoms with Crippen LogP contribution < -0.4 is 5.32 Å². The predicted molar refractivity (Wildman–Crippen MR) is 76.4 cm³/mol. The Morgan fingerprint density at radius 1 is 1.25 bits per heavy atom. The van der Waals surface area contributed by atoms with Gasteiger partial charge in [-0.25, -0.2) is 4.79 Å². The molecule has 0 unspecified atom stereocenters. The molecule has 4 heteroatoms. The molecule has 1 aromatic carbocycles. The molecule has 108 valence electrons. The van der Waals surface area contributed by atoms with Gasteiger partial charge in [0.2, 0.25) is 5.91 Å². The van der Waals surface area contributed by atoms with Crippen molar-refractivity contribution in [1.82, 2.24) is 5.32 Å². The minimum atomic E-state index is -0.945. The van der Waals surface area contributed by atoms with Crippen molar-refractivity contribution in [3.8, 4) is 0 Å². The van der Waals surface area contributed by atoms with Crippen LogP contribution in [0.5, 0.6) is 0 Å². The Balaban J connectivity index is 1.87. The van der Waals surface area contributed by atoms with Crippen molar-refractivity contribution < 1.29 is 14.7 Å². The lowest BCUT2D eigenvalue weighted by Crippen LogP contribution is -2.32. The first-order valence-corrected chi connectivity index (χ1v) is 7.16. The third kappa shape index (κ3) is 3.83. The van der Waals surface area contributed by atoms with Gasteiger partial charge < -0.3 is 10.4 Å². The van der Waals surface area contributed by atoms with E-state index in [1.54, 1.807) is 18.2 Å². The zero-order valence-corrected chi connectivity index (χ0v) is 11.8. The van der Waals surface area contributed by atoms with Crippen LogP contribution in [0.2, 0.25) is 0 Å². The summed E-state index contributed by atoms with van der Waals surface area (Å²) in [5.41, 5.74) is 1.07. The van der Waals surface area contributed by atoms with E-state index in [2.05, 4.69) is 12.2 Å². The molecule has 2 N–H and O–H groups in total. The van der Waals surface area contributed by atoms with Crippen LogP contribution in [0.3, 0.4) is 0 Å². The number of carbonyl (C=O) groups is 2. The quantitative estimate of drug-likeness (QED) is 0.888. The first kappa shape index (κ1) is 14.6. The fraction of sp³-hybridized carbons (Fsp3) is 0.500. The number of amides is 1. The lowest BCUT2D eigenvalue weighted by atomic mass is 9.82. The topological polar surface area (TPSA) is 66.4 Å². The third-order valence-corrected chi connectivity index (χ3v) is 4.03. The molecule has 1 aromatic rings. The van der Waals surface area contributed by atoms with Gasteiger partial charge in [-0.05, 0) is 49.3 Å². The van der Waals surface area contributed by atoms with Crippen LogP contribution in [0.4, 0.5) is 0 Å². The van der Waals surface area contributed by atoms with Crippen LogP contribution in [0.25, 0.3) is 0 Å². The number of carboxylic acid groups (broad SMARTS) is 1. The molecule has 1 aliphatic carbocycles. The van der Waals surface area contributed by atoms with E-state index in [0.29, 0.717) is 6.54 Å². The maximum atomic E-state index is 12.1. The number of aromatic carboxylic acids is 1. The van der Waals surface area contributed by atoms with Gasteiger partial charge in [0.1, 0.15) is 0 Å². The summed E-state index contributed by atoms with van der Waals surface area (Å²) in [6.07, 6.45) is 4.16. The summed E-state index contributed by atoms with van der Waals surface area (Å²) in [6.45, 7) is 2.62. The van der Waals surface area contributed by atoms with Crippen molar-refractivity contribution >= 4 is 11.9 Å². The van der Waals surface area contributed by atoms with E-state index in [-0.39, 0.29) is 17.4 Å². The molecule has 0 spiro atoms. The third-order valence-electron chi connectivity index (χ3n) is 4.03. The highest BCUT2D eigenvalue weighted by Gasteiger charge is 2.23. The summed E-state index contributed by atoms with van der Waals surface area (Å²) in [7, 11) is 0. The summed E-state index contributed by atoms with van der Waals surface area (Å²) < 4.78 is 0. The van der Waals surface area contributed by atoms with E-state index in [9.17, 15) is 9.59 Å². The Hall–Kier alpha value is -1.84. The molecule has 1 saturated carbocycles. The summed E-state index contributed by atoms with van der Waals surface area (Å²) in [4.78, 5) is 23.0. The van der Waals surface area contributed by atoms with Crippen LogP contribution in [-0.4, -0.2) is 17.0 Å². The van der Waals surface area contributed by atoms with Gasteiger partial charge in [0.05, 0.1) is 5.56 Å². The molecule has 20 heavy (non-hydrogen) atoms. The van der Waals surface area contributed by atoms with Crippen molar-refractivity contribution in [1.29, 1.82) is 0 Å². The van der Waals surface area contributed by atoms with Gasteiger partial charge in [0.25, 0.3) is 0 Å². The molecule has 1 aliphatic rings. The number of carbonyl (C=O) groups excluding carboxylic acids is 1. The molecular formula is C16H21NO3. The van der Waals surface area contributed by atoms with E-state index < -0.39 is 5.97 Å². The van der Waals surface area contributed by atoms with Gasteiger partial charge in [-0.3, -0.25) is 4.79 Å². The first-order valence-electron chi connectivity index (χ1n) is 7.16. The Morgan fingerprint density at radius 2 is 1.95 bits per heavy atom. The minimum absolute atomic E-state index is 0.0950.